The molecule has 2 aromatic carbocycles. The van der Waals surface area contributed by atoms with E-state index in [1.165, 1.54) is 0 Å². The lowest BCUT2D eigenvalue weighted by Crippen LogP contribution is -2.59. The summed E-state index contributed by atoms with van der Waals surface area (Å²) in [5.74, 6) is -0.388. The van der Waals surface area contributed by atoms with E-state index in [9.17, 15) is 14.9 Å². The Bertz CT molecular complexity index is 876. The van der Waals surface area contributed by atoms with Crippen molar-refractivity contribution in [3.8, 4) is 6.07 Å². The molecule has 1 fully saturated rings. The van der Waals surface area contributed by atoms with E-state index in [0.717, 1.165) is 5.56 Å². The van der Waals surface area contributed by atoms with Crippen LogP contribution in [-0.2, 0) is 20.7 Å². The number of para-hydroxylation sites is 1. The topological polar surface area (TPSA) is 73.6 Å². The summed E-state index contributed by atoms with van der Waals surface area (Å²) < 4.78 is 5.27. The first-order valence-electron chi connectivity index (χ1n) is 9.34. The molecule has 2 amide bonds. The minimum Gasteiger partial charge on any atom is -0.372 e. The molecule has 1 saturated heterocycles. The maximum absolute atomic E-state index is 12.8. The van der Waals surface area contributed by atoms with Crippen LogP contribution in [0, 0.1) is 11.3 Å². The number of amides is 2. The van der Waals surface area contributed by atoms with Crippen LogP contribution in [0.3, 0.4) is 0 Å². The number of ether oxygens (including phenoxy) is 1. The Labute approximate surface area is 164 Å². The highest BCUT2D eigenvalue weighted by Crippen LogP contribution is 2.25. The normalized spacial score (nSPS) is 16.7. The maximum Gasteiger partial charge on any atom is 0.249 e. The van der Waals surface area contributed by atoms with Crippen LogP contribution in [0.15, 0.2) is 54.6 Å². The first-order chi connectivity index (χ1) is 13.6. The number of rotatable bonds is 6. The zero-order chi connectivity index (χ0) is 19.9. The highest BCUT2D eigenvalue weighted by Gasteiger charge is 2.36. The summed E-state index contributed by atoms with van der Waals surface area (Å²) in [5, 5.41) is 9.40. The van der Waals surface area contributed by atoms with Gasteiger partial charge in [-0.15, -0.1) is 0 Å². The average Bonchev–Trinajstić information content (AvgIpc) is 2.73. The summed E-state index contributed by atoms with van der Waals surface area (Å²) in [6.07, 6.45) is 0.622. The third-order valence-electron chi connectivity index (χ3n) is 4.82. The van der Waals surface area contributed by atoms with Crippen molar-refractivity contribution in [3.05, 3.63) is 65.7 Å². The van der Waals surface area contributed by atoms with Crippen LogP contribution in [-0.4, -0.2) is 49.1 Å². The predicted octanol–water partition coefficient (Wildman–Crippen LogP) is 2.38. The van der Waals surface area contributed by atoms with E-state index in [2.05, 4.69) is 6.07 Å². The summed E-state index contributed by atoms with van der Waals surface area (Å²) in [7, 11) is 0. The number of carbonyl (C=O) groups is 2. The number of hydrogen-bond donors (Lipinski definition) is 0. The minimum atomic E-state index is -0.197. The van der Waals surface area contributed by atoms with Gasteiger partial charge in [-0.2, -0.15) is 5.26 Å². The Balaban J connectivity index is 1.88. The lowest BCUT2D eigenvalue weighted by Gasteiger charge is -2.41. The molecule has 1 aliphatic heterocycles. The molecule has 1 atom stereocenters. The van der Waals surface area contributed by atoms with Gasteiger partial charge in [0.05, 0.1) is 17.3 Å². The molecule has 0 unspecified atom stereocenters. The molecule has 0 spiro atoms. The van der Waals surface area contributed by atoms with Crippen LogP contribution in [0.1, 0.15) is 18.1 Å². The summed E-state index contributed by atoms with van der Waals surface area (Å²) >= 11 is 0. The lowest BCUT2D eigenvalue weighted by molar-refractivity contribution is -0.143. The minimum absolute atomic E-state index is 0.0246. The van der Waals surface area contributed by atoms with E-state index >= 15 is 0 Å². The van der Waals surface area contributed by atoms with Crippen LogP contribution in [0.25, 0.3) is 0 Å². The van der Waals surface area contributed by atoms with Gasteiger partial charge < -0.3 is 14.5 Å². The van der Waals surface area contributed by atoms with Crippen molar-refractivity contribution in [2.45, 2.75) is 19.4 Å². The van der Waals surface area contributed by atoms with Gasteiger partial charge in [0, 0.05) is 13.2 Å². The van der Waals surface area contributed by atoms with Crippen molar-refractivity contribution in [2.75, 3.05) is 31.2 Å². The fourth-order valence-corrected chi connectivity index (χ4v) is 3.43. The van der Waals surface area contributed by atoms with E-state index in [-0.39, 0.29) is 31.0 Å². The number of carbonyl (C=O) groups excluding carboxylic acids is 2. The first kappa shape index (κ1) is 19.6. The first-order valence-corrected chi connectivity index (χ1v) is 9.34. The molecule has 0 aromatic heterocycles. The fraction of sp³-hybridized carbons (Fsp3) is 0.318. The van der Waals surface area contributed by atoms with Crippen LogP contribution < -0.4 is 4.90 Å². The second-order valence-electron chi connectivity index (χ2n) is 6.64. The van der Waals surface area contributed by atoms with Crippen LogP contribution in [0.5, 0.6) is 0 Å². The standard InChI is InChI=1S/C22H23N3O3/c1-2-28-16-22(27)24-15-21(26)25(20-11-7-6-10-18(20)13-23)14-19(24)12-17-8-4-3-5-9-17/h3-11,19H,2,12,14-16H2,1H3/t19-/m1/s1. The highest BCUT2D eigenvalue weighted by atomic mass is 16.5. The molecule has 28 heavy (non-hydrogen) atoms. The smallest absolute Gasteiger partial charge is 0.249 e. The summed E-state index contributed by atoms with van der Waals surface area (Å²) in [4.78, 5) is 28.7. The van der Waals surface area contributed by atoms with Gasteiger partial charge in [-0.3, -0.25) is 9.59 Å². The summed E-state index contributed by atoms with van der Waals surface area (Å²) in [6, 6.07) is 18.9. The molecule has 0 aliphatic carbocycles. The zero-order valence-corrected chi connectivity index (χ0v) is 15.9. The van der Waals surface area contributed by atoms with Gasteiger partial charge >= 0.3 is 0 Å². The van der Waals surface area contributed by atoms with Crippen molar-refractivity contribution >= 4 is 17.5 Å². The van der Waals surface area contributed by atoms with E-state index in [4.69, 9.17) is 4.74 Å². The second kappa shape index (κ2) is 9.16. The quantitative estimate of drug-likeness (QED) is 0.775. The Morgan fingerprint density at radius 3 is 2.61 bits per heavy atom. The van der Waals surface area contributed by atoms with Gasteiger partial charge in [-0.25, -0.2) is 0 Å². The Kier molecular flexibility index (Phi) is 6.41. The van der Waals surface area contributed by atoms with Gasteiger partial charge in [0.1, 0.15) is 19.2 Å². The van der Waals surface area contributed by atoms with Crippen molar-refractivity contribution in [1.82, 2.24) is 4.90 Å². The van der Waals surface area contributed by atoms with Crippen molar-refractivity contribution < 1.29 is 14.3 Å². The van der Waals surface area contributed by atoms with Crippen LogP contribution >= 0.6 is 0 Å². The molecule has 1 aliphatic rings. The molecule has 6 nitrogen and oxygen atoms in total. The predicted molar refractivity (Wildman–Crippen MR) is 106 cm³/mol. The molecule has 0 N–H and O–H groups in total. The molecule has 0 bridgehead atoms. The number of hydrogen-bond acceptors (Lipinski definition) is 4. The Hall–Kier alpha value is -3.17. The number of benzene rings is 2. The van der Waals surface area contributed by atoms with Crippen LogP contribution in [0.4, 0.5) is 5.69 Å². The summed E-state index contributed by atoms with van der Waals surface area (Å²) in [6.45, 7) is 2.55. The number of anilines is 1. The van der Waals surface area contributed by atoms with Crippen molar-refractivity contribution in [3.63, 3.8) is 0 Å². The molecule has 2 aromatic rings. The van der Waals surface area contributed by atoms with E-state index in [0.29, 0.717) is 30.8 Å². The van der Waals surface area contributed by atoms with Gasteiger partial charge in [0.2, 0.25) is 11.8 Å². The maximum atomic E-state index is 12.8. The Morgan fingerprint density at radius 2 is 1.89 bits per heavy atom. The second-order valence-corrected chi connectivity index (χ2v) is 6.64. The van der Waals surface area contributed by atoms with Gasteiger partial charge in [-0.05, 0) is 31.0 Å². The molecular formula is C22H23N3O3. The SMILES string of the molecule is CCOCC(=O)N1CC(=O)N(c2ccccc2C#N)C[C@H]1Cc1ccccc1. The largest absolute Gasteiger partial charge is 0.372 e. The average molecular weight is 377 g/mol. The van der Waals surface area contributed by atoms with Crippen molar-refractivity contribution in [2.24, 2.45) is 0 Å². The molecular weight excluding hydrogens is 354 g/mol. The monoisotopic (exact) mass is 377 g/mol. The third kappa shape index (κ3) is 4.38. The Morgan fingerprint density at radius 1 is 1.18 bits per heavy atom. The lowest BCUT2D eigenvalue weighted by atomic mass is 10.0. The number of nitriles is 1. The highest BCUT2D eigenvalue weighted by molar-refractivity contribution is 5.99. The van der Waals surface area contributed by atoms with Gasteiger partial charge in [0.25, 0.3) is 0 Å². The molecule has 3 rings (SSSR count). The molecule has 0 saturated carbocycles. The van der Waals surface area contributed by atoms with Gasteiger partial charge in [-0.1, -0.05) is 42.5 Å². The fourth-order valence-electron chi connectivity index (χ4n) is 3.43. The van der Waals surface area contributed by atoms with E-state index in [1.54, 1.807) is 28.0 Å². The molecule has 0 radical (unpaired) electrons. The third-order valence-corrected chi connectivity index (χ3v) is 4.82. The van der Waals surface area contributed by atoms with E-state index < -0.39 is 0 Å². The van der Waals surface area contributed by atoms with E-state index in [1.807, 2.05) is 43.3 Å². The van der Waals surface area contributed by atoms with Crippen LogP contribution in [0.2, 0.25) is 0 Å². The summed E-state index contributed by atoms with van der Waals surface area (Å²) in [5.41, 5.74) is 2.12. The molecule has 6 heteroatoms. The van der Waals surface area contributed by atoms with Gasteiger partial charge in [0.15, 0.2) is 0 Å². The molecule has 1 heterocycles. The van der Waals surface area contributed by atoms with Crippen molar-refractivity contribution in [1.29, 1.82) is 5.26 Å². The number of nitrogens with zero attached hydrogens (tertiary/aromatic N) is 3. The zero-order valence-electron chi connectivity index (χ0n) is 15.9. The number of piperazine rings is 1. The molecule has 144 valence electrons.